The largest absolute Gasteiger partial charge is 0.483 e. The second-order valence-corrected chi connectivity index (χ2v) is 10.3. The first kappa shape index (κ1) is 21.8. The average molecular weight is 443 g/mol. The molecule has 1 atom stereocenters. The van der Waals surface area contributed by atoms with Gasteiger partial charge in [-0.25, -0.2) is 13.1 Å². The van der Waals surface area contributed by atoms with Crippen molar-refractivity contribution in [1.82, 2.24) is 4.72 Å². The molecule has 1 heterocycles. The van der Waals surface area contributed by atoms with Gasteiger partial charge >= 0.3 is 0 Å². The summed E-state index contributed by atoms with van der Waals surface area (Å²) in [4.78, 5) is 14.9. The first-order valence-electron chi connectivity index (χ1n) is 11.0. The summed E-state index contributed by atoms with van der Waals surface area (Å²) in [5.41, 5.74) is 2.80. The standard InChI is InChI=1S/C24H30N2O4S/c1-17-14-21(31(28,29)25-20-9-4-3-5-10-20)12-13-23(17)30-16-24(27)26-18(2)15-19-8-6-7-11-22(19)26/h6-8,11-14,18,20,25H,3-5,9-10,15-16H2,1-2H3/t18-/m1/s1. The van der Waals surface area contributed by atoms with Crippen LogP contribution in [0.1, 0.15) is 50.2 Å². The number of ether oxygens (including phenoxy) is 1. The molecule has 7 heteroatoms. The molecule has 0 radical (unpaired) electrons. The van der Waals surface area contributed by atoms with Crippen molar-refractivity contribution in [2.24, 2.45) is 0 Å². The van der Waals surface area contributed by atoms with Crippen LogP contribution < -0.4 is 14.4 Å². The number of rotatable bonds is 6. The van der Waals surface area contributed by atoms with Crippen molar-refractivity contribution in [3.63, 3.8) is 0 Å². The zero-order valence-corrected chi connectivity index (χ0v) is 19.0. The number of fused-ring (bicyclic) bond motifs is 1. The van der Waals surface area contributed by atoms with Gasteiger partial charge in [-0.15, -0.1) is 0 Å². The molecule has 166 valence electrons. The number of nitrogens with zero attached hydrogens (tertiary/aromatic N) is 1. The third kappa shape index (κ3) is 4.77. The van der Waals surface area contributed by atoms with Crippen LogP contribution in [0.5, 0.6) is 5.75 Å². The van der Waals surface area contributed by atoms with Gasteiger partial charge in [-0.2, -0.15) is 0 Å². The SMILES string of the molecule is Cc1cc(S(=O)(=O)NC2CCCCC2)ccc1OCC(=O)N1c2ccccc2C[C@H]1C. The second kappa shape index (κ2) is 9.01. The first-order valence-corrected chi connectivity index (χ1v) is 12.5. The number of benzene rings is 2. The van der Waals surface area contributed by atoms with Crippen LogP contribution in [-0.4, -0.2) is 33.0 Å². The molecule has 0 bridgehead atoms. The molecule has 2 aromatic rings. The Hall–Kier alpha value is -2.38. The molecular weight excluding hydrogens is 412 g/mol. The fourth-order valence-electron chi connectivity index (χ4n) is 4.61. The molecule has 1 aliphatic carbocycles. The average Bonchev–Trinajstić information content (AvgIpc) is 3.08. The zero-order chi connectivity index (χ0) is 22.0. The van der Waals surface area contributed by atoms with Crippen LogP contribution in [0.25, 0.3) is 0 Å². The van der Waals surface area contributed by atoms with Gasteiger partial charge in [-0.3, -0.25) is 4.79 Å². The highest BCUT2D eigenvalue weighted by molar-refractivity contribution is 7.89. The van der Waals surface area contributed by atoms with Crippen molar-refractivity contribution in [2.45, 2.75) is 69.4 Å². The molecule has 6 nitrogen and oxygen atoms in total. The summed E-state index contributed by atoms with van der Waals surface area (Å²) in [6, 6.07) is 12.8. The van der Waals surface area contributed by atoms with E-state index in [0.29, 0.717) is 11.3 Å². The minimum Gasteiger partial charge on any atom is -0.483 e. The Kier molecular flexibility index (Phi) is 6.34. The van der Waals surface area contributed by atoms with Crippen molar-refractivity contribution in [3.8, 4) is 5.75 Å². The molecule has 1 saturated carbocycles. The van der Waals surface area contributed by atoms with Gasteiger partial charge in [0.05, 0.1) is 4.90 Å². The third-order valence-electron chi connectivity index (χ3n) is 6.21. The lowest BCUT2D eigenvalue weighted by molar-refractivity contribution is -0.120. The molecule has 4 rings (SSSR count). The molecule has 0 saturated heterocycles. The number of nitrogens with one attached hydrogen (secondary N) is 1. The van der Waals surface area contributed by atoms with Crippen LogP contribution in [0, 0.1) is 6.92 Å². The van der Waals surface area contributed by atoms with E-state index in [1.54, 1.807) is 30.0 Å². The molecular formula is C24H30N2O4S. The monoisotopic (exact) mass is 442 g/mol. The summed E-state index contributed by atoms with van der Waals surface area (Å²) in [6.07, 6.45) is 5.91. The van der Waals surface area contributed by atoms with Crippen molar-refractivity contribution in [3.05, 3.63) is 53.6 Å². The van der Waals surface area contributed by atoms with Gasteiger partial charge in [0.15, 0.2) is 6.61 Å². The number of hydrogen-bond acceptors (Lipinski definition) is 4. The maximum atomic E-state index is 12.8. The highest BCUT2D eigenvalue weighted by atomic mass is 32.2. The number of sulfonamides is 1. The van der Waals surface area contributed by atoms with Crippen LogP contribution in [0.2, 0.25) is 0 Å². The van der Waals surface area contributed by atoms with Gasteiger partial charge in [0.1, 0.15) is 5.75 Å². The smallest absolute Gasteiger partial charge is 0.265 e. The van der Waals surface area contributed by atoms with E-state index in [9.17, 15) is 13.2 Å². The minimum absolute atomic E-state index is 0.0120. The van der Waals surface area contributed by atoms with Crippen LogP contribution in [0.4, 0.5) is 5.69 Å². The maximum Gasteiger partial charge on any atom is 0.265 e. The Morgan fingerprint density at radius 2 is 1.87 bits per heavy atom. The van der Waals surface area contributed by atoms with Gasteiger partial charge in [-0.05, 0) is 68.5 Å². The number of hydrogen-bond donors (Lipinski definition) is 1. The summed E-state index contributed by atoms with van der Waals surface area (Å²) >= 11 is 0. The maximum absolute atomic E-state index is 12.8. The van der Waals surface area contributed by atoms with E-state index < -0.39 is 10.0 Å². The normalized spacial score (nSPS) is 19.3. The summed E-state index contributed by atoms with van der Waals surface area (Å²) < 4.78 is 34.1. The highest BCUT2D eigenvalue weighted by Gasteiger charge is 2.30. The van der Waals surface area contributed by atoms with Crippen LogP contribution in [-0.2, 0) is 21.2 Å². The lowest BCUT2D eigenvalue weighted by Crippen LogP contribution is -2.39. The van der Waals surface area contributed by atoms with Gasteiger partial charge in [-0.1, -0.05) is 37.5 Å². The molecule has 0 aromatic heterocycles. The van der Waals surface area contributed by atoms with Crippen molar-refractivity contribution in [1.29, 1.82) is 0 Å². The number of anilines is 1. The van der Waals surface area contributed by atoms with E-state index in [1.165, 1.54) is 12.0 Å². The summed E-state index contributed by atoms with van der Waals surface area (Å²) in [6.45, 7) is 3.74. The minimum atomic E-state index is -3.56. The molecule has 1 amide bonds. The van der Waals surface area contributed by atoms with E-state index in [2.05, 4.69) is 4.72 Å². The molecule has 2 aromatic carbocycles. The van der Waals surface area contributed by atoms with Gasteiger partial charge in [0, 0.05) is 17.8 Å². The van der Waals surface area contributed by atoms with E-state index in [4.69, 9.17) is 4.74 Å². The fraction of sp³-hybridized carbons (Fsp3) is 0.458. The predicted molar refractivity (Wildman–Crippen MR) is 121 cm³/mol. The Bertz CT molecular complexity index is 1060. The summed E-state index contributed by atoms with van der Waals surface area (Å²) in [5, 5.41) is 0. The van der Waals surface area contributed by atoms with E-state index in [-0.39, 0.29) is 29.5 Å². The quantitative estimate of drug-likeness (QED) is 0.735. The second-order valence-electron chi connectivity index (χ2n) is 8.62. The molecule has 2 aliphatic rings. The highest BCUT2D eigenvalue weighted by Crippen LogP contribution is 2.32. The third-order valence-corrected chi connectivity index (χ3v) is 7.73. The van der Waals surface area contributed by atoms with Crippen LogP contribution in [0.3, 0.4) is 0 Å². The van der Waals surface area contributed by atoms with E-state index in [1.807, 2.05) is 31.2 Å². The number of carbonyl (C=O) groups excluding carboxylic acids is 1. The number of amides is 1. The van der Waals surface area contributed by atoms with Gasteiger partial charge in [0.2, 0.25) is 10.0 Å². The topological polar surface area (TPSA) is 75.7 Å². The van der Waals surface area contributed by atoms with Crippen LogP contribution in [0.15, 0.2) is 47.4 Å². The Labute approximate surface area is 184 Å². The van der Waals surface area contributed by atoms with E-state index >= 15 is 0 Å². The van der Waals surface area contributed by atoms with E-state index in [0.717, 1.165) is 37.8 Å². The number of carbonyl (C=O) groups is 1. The Morgan fingerprint density at radius 3 is 2.61 bits per heavy atom. The molecule has 0 spiro atoms. The molecule has 0 unspecified atom stereocenters. The molecule has 1 N–H and O–H groups in total. The lowest BCUT2D eigenvalue weighted by Gasteiger charge is -2.23. The molecule has 31 heavy (non-hydrogen) atoms. The zero-order valence-electron chi connectivity index (χ0n) is 18.1. The van der Waals surface area contributed by atoms with Crippen molar-refractivity contribution < 1.29 is 17.9 Å². The van der Waals surface area contributed by atoms with Crippen molar-refractivity contribution >= 4 is 21.6 Å². The summed E-state index contributed by atoms with van der Waals surface area (Å²) in [7, 11) is -3.56. The van der Waals surface area contributed by atoms with Gasteiger partial charge < -0.3 is 9.64 Å². The summed E-state index contributed by atoms with van der Waals surface area (Å²) in [5.74, 6) is 0.414. The van der Waals surface area contributed by atoms with Crippen molar-refractivity contribution in [2.75, 3.05) is 11.5 Å². The Morgan fingerprint density at radius 1 is 1.13 bits per heavy atom. The predicted octanol–water partition coefficient (Wildman–Crippen LogP) is 3.96. The van der Waals surface area contributed by atoms with Gasteiger partial charge in [0.25, 0.3) is 5.91 Å². The van der Waals surface area contributed by atoms with Crippen LogP contribution >= 0.6 is 0 Å². The molecule has 1 fully saturated rings. The first-order chi connectivity index (χ1) is 14.8. The number of para-hydroxylation sites is 1. The fourth-order valence-corrected chi connectivity index (χ4v) is 6.00. The Balaban J connectivity index is 1.41. The number of aryl methyl sites for hydroxylation is 1. The molecule has 1 aliphatic heterocycles. The lowest BCUT2D eigenvalue weighted by atomic mass is 9.96.